The highest BCUT2D eigenvalue weighted by Crippen LogP contribution is 2.24. The number of rotatable bonds is 5. The lowest BCUT2D eigenvalue weighted by molar-refractivity contribution is 0.0996. The van der Waals surface area contributed by atoms with Gasteiger partial charge in [0.25, 0.3) is 11.5 Å². The van der Waals surface area contributed by atoms with Gasteiger partial charge in [-0.25, -0.2) is 4.79 Å². The first kappa shape index (κ1) is 18.0. The second-order valence-corrected chi connectivity index (χ2v) is 6.97. The van der Waals surface area contributed by atoms with Crippen LogP contribution in [0.3, 0.4) is 0 Å². The largest absolute Gasteiger partial charge is 0.383 e. The molecule has 0 unspecified atom stereocenters. The van der Waals surface area contributed by atoms with Crippen LogP contribution in [0.2, 0.25) is 0 Å². The van der Waals surface area contributed by atoms with Crippen molar-refractivity contribution in [2.75, 3.05) is 17.7 Å². The molecule has 0 radical (unpaired) electrons. The van der Waals surface area contributed by atoms with Crippen molar-refractivity contribution < 1.29 is 4.79 Å². The van der Waals surface area contributed by atoms with E-state index in [9.17, 15) is 14.4 Å². The summed E-state index contributed by atoms with van der Waals surface area (Å²) in [6.45, 7) is 6.24. The van der Waals surface area contributed by atoms with Crippen LogP contribution >= 0.6 is 11.3 Å². The highest BCUT2D eigenvalue weighted by Gasteiger charge is 2.23. The van der Waals surface area contributed by atoms with Gasteiger partial charge in [0.15, 0.2) is 5.69 Å². The summed E-state index contributed by atoms with van der Waals surface area (Å²) < 4.78 is 1.30. The Kier molecular flexibility index (Phi) is 5.28. The molecule has 0 spiro atoms. The van der Waals surface area contributed by atoms with Gasteiger partial charge in [-0.15, -0.1) is 11.3 Å². The molecule has 0 aliphatic rings. The van der Waals surface area contributed by atoms with E-state index in [1.165, 1.54) is 27.9 Å². The minimum atomic E-state index is -0.661. The second-order valence-electron chi connectivity index (χ2n) is 5.71. The fourth-order valence-electron chi connectivity index (χ4n) is 2.39. The fourth-order valence-corrected chi connectivity index (χ4v) is 3.39. The lowest BCUT2D eigenvalue weighted by Gasteiger charge is -2.19. The first-order valence-corrected chi connectivity index (χ1v) is 8.57. The number of carbonyl (C=O) groups excluding carboxylic acids is 1. The summed E-state index contributed by atoms with van der Waals surface area (Å²) in [5, 5.41) is 0. The van der Waals surface area contributed by atoms with Gasteiger partial charge in [-0.05, 0) is 31.9 Å². The quantitative estimate of drug-likeness (QED) is 0.859. The molecule has 2 aromatic heterocycles. The number of unbranched alkanes of at least 4 members (excludes halogenated alkanes) is 1. The summed E-state index contributed by atoms with van der Waals surface area (Å²) in [4.78, 5) is 41.8. The number of aromatic nitrogens is 2. The molecular formula is C16H22N4O3S. The van der Waals surface area contributed by atoms with Crippen LogP contribution in [0.5, 0.6) is 0 Å². The first-order chi connectivity index (χ1) is 11.3. The molecule has 0 saturated heterocycles. The van der Waals surface area contributed by atoms with E-state index in [1.807, 2.05) is 20.8 Å². The number of aryl methyl sites for hydroxylation is 2. The first-order valence-electron chi connectivity index (χ1n) is 7.75. The maximum Gasteiger partial charge on any atom is 0.330 e. The number of hydrogen-bond acceptors (Lipinski definition) is 5. The van der Waals surface area contributed by atoms with Gasteiger partial charge >= 0.3 is 5.69 Å². The minimum absolute atomic E-state index is 0.000547. The molecule has 0 bridgehead atoms. The van der Waals surface area contributed by atoms with Crippen molar-refractivity contribution in [3.8, 4) is 0 Å². The van der Waals surface area contributed by atoms with Crippen LogP contribution in [0.4, 0.5) is 11.5 Å². The maximum absolute atomic E-state index is 12.7. The van der Waals surface area contributed by atoms with Crippen molar-refractivity contribution in [2.24, 2.45) is 0 Å². The van der Waals surface area contributed by atoms with Gasteiger partial charge in [0.05, 0.1) is 4.88 Å². The van der Waals surface area contributed by atoms with Gasteiger partial charge in [-0.1, -0.05) is 13.3 Å². The summed E-state index contributed by atoms with van der Waals surface area (Å²) >= 11 is 1.37. The number of anilines is 2. The SMILES string of the molecule is CCCCn1c(N)c(N(C)C(=O)c2cc(C)c(C)s2)c(=O)[nH]c1=O. The van der Waals surface area contributed by atoms with Crippen molar-refractivity contribution in [3.63, 3.8) is 0 Å². The fraction of sp³-hybridized carbons (Fsp3) is 0.438. The minimum Gasteiger partial charge on any atom is -0.383 e. The average Bonchev–Trinajstić information content (AvgIpc) is 2.85. The third kappa shape index (κ3) is 3.28. The summed E-state index contributed by atoms with van der Waals surface area (Å²) in [5.74, 6) is -0.313. The molecule has 24 heavy (non-hydrogen) atoms. The van der Waals surface area contributed by atoms with Gasteiger partial charge in [0.2, 0.25) is 0 Å². The Labute approximate surface area is 143 Å². The molecule has 1 amide bonds. The summed E-state index contributed by atoms with van der Waals surface area (Å²) in [5.41, 5.74) is 5.83. The third-order valence-corrected chi connectivity index (χ3v) is 5.11. The molecule has 0 atom stereocenters. The topological polar surface area (TPSA) is 101 Å². The predicted molar refractivity (Wildman–Crippen MR) is 97.2 cm³/mol. The zero-order valence-corrected chi connectivity index (χ0v) is 15.1. The molecule has 2 heterocycles. The van der Waals surface area contributed by atoms with Gasteiger partial charge in [-0.3, -0.25) is 19.1 Å². The van der Waals surface area contributed by atoms with Crippen LogP contribution in [-0.4, -0.2) is 22.5 Å². The van der Waals surface area contributed by atoms with Gasteiger partial charge < -0.3 is 10.6 Å². The van der Waals surface area contributed by atoms with E-state index in [-0.39, 0.29) is 17.4 Å². The number of nitrogen functional groups attached to an aromatic ring is 1. The van der Waals surface area contributed by atoms with E-state index in [0.717, 1.165) is 23.3 Å². The van der Waals surface area contributed by atoms with Crippen LogP contribution in [0.25, 0.3) is 0 Å². The number of H-pyrrole nitrogens is 1. The molecule has 3 N–H and O–H groups in total. The molecule has 130 valence electrons. The molecule has 0 aliphatic heterocycles. The number of carbonyl (C=O) groups is 1. The molecule has 7 nitrogen and oxygen atoms in total. The number of thiophene rings is 1. The second kappa shape index (κ2) is 7.04. The van der Waals surface area contributed by atoms with Crippen LogP contribution in [-0.2, 0) is 6.54 Å². The predicted octanol–water partition coefficient (Wildman–Crippen LogP) is 1.87. The molecular weight excluding hydrogens is 328 g/mol. The van der Waals surface area contributed by atoms with E-state index in [4.69, 9.17) is 5.73 Å². The van der Waals surface area contributed by atoms with Crippen LogP contribution < -0.4 is 21.9 Å². The van der Waals surface area contributed by atoms with Gasteiger partial charge in [0.1, 0.15) is 5.82 Å². The van der Waals surface area contributed by atoms with E-state index in [1.54, 1.807) is 6.07 Å². The number of nitrogens with one attached hydrogen (secondary N) is 1. The molecule has 0 aromatic carbocycles. The van der Waals surface area contributed by atoms with Gasteiger partial charge in [0, 0.05) is 18.5 Å². The van der Waals surface area contributed by atoms with Crippen molar-refractivity contribution in [2.45, 2.75) is 40.2 Å². The lowest BCUT2D eigenvalue weighted by Crippen LogP contribution is -2.39. The highest BCUT2D eigenvalue weighted by molar-refractivity contribution is 7.14. The Balaban J connectivity index is 2.48. The Bertz CT molecular complexity index is 859. The Morgan fingerprint density at radius 2 is 2.04 bits per heavy atom. The summed E-state index contributed by atoms with van der Waals surface area (Å²) in [6.07, 6.45) is 1.62. The van der Waals surface area contributed by atoms with Crippen LogP contribution in [0, 0.1) is 13.8 Å². The molecule has 8 heteroatoms. The summed E-state index contributed by atoms with van der Waals surface area (Å²) in [7, 11) is 1.49. The van der Waals surface area contributed by atoms with Crippen molar-refractivity contribution in [1.29, 1.82) is 0 Å². The molecule has 0 fully saturated rings. The number of amides is 1. The highest BCUT2D eigenvalue weighted by atomic mass is 32.1. The van der Waals surface area contributed by atoms with E-state index >= 15 is 0 Å². The normalized spacial score (nSPS) is 10.8. The molecule has 2 aromatic rings. The Morgan fingerprint density at radius 3 is 2.58 bits per heavy atom. The van der Waals surface area contributed by atoms with Crippen LogP contribution in [0.15, 0.2) is 15.7 Å². The lowest BCUT2D eigenvalue weighted by atomic mass is 10.2. The number of nitrogens with two attached hydrogens (primary N) is 1. The Morgan fingerprint density at radius 1 is 1.38 bits per heavy atom. The standard InChI is InChI=1S/C16H22N4O3S/c1-5-6-7-20-13(17)12(14(21)18-16(20)23)19(4)15(22)11-8-9(2)10(3)24-11/h8H,5-7,17H2,1-4H3,(H,18,21,23). The average molecular weight is 350 g/mol. The maximum atomic E-state index is 12.7. The van der Waals surface area contributed by atoms with E-state index in [0.29, 0.717) is 11.4 Å². The number of nitrogens with zero attached hydrogens (tertiary/aromatic N) is 2. The smallest absolute Gasteiger partial charge is 0.330 e. The summed E-state index contributed by atoms with van der Waals surface area (Å²) in [6, 6.07) is 1.79. The monoisotopic (exact) mass is 350 g/mol. The van der Waals surface area contributed by atoms with Gasteiger partial charge in [-0.2, -0.15) is 0 Å². The molecule has 0 saturated carbocycles. The Hall–Kier alpha value is -2.35. The van der Waals surface area contributed by atoms with E-state index in [2.05, 4.69) is 4.98 Å². The number of aromatic amines is 1. The van der Waals surface area contributed by atoms with Crippen molar-refractivity contribution in [1.82, 2.24) is 9.55 Å². The third-order valence-electron chi connectivity index (χ3n) is 3.97. The van der Waals surface area contributed by atoms with Crippen molar-refractivity contribution >= 4 is 28.7 Å². The zero-order valence-electron chi connectivity index (χ0n) is 14.3. The molecule has 0 aliphatic carbocycles. The molecule has 2 rings (SSSR count). The van der Waals surface area contributed by atoms with Crippen molar-refractivity contribution in [3.05, 3.63) is 42.2 Å². The van der Waals surface area contributed by atoms with Crippen LogP contribution in [0.1, 0.15) is 39.9 Å². The zero-order chi connectivity index (χ0) is 18.0. The number of hydrogen-bond donors (Lipinski definition) is 2. The van der Waals surface area contributed by atoms with E-state index < -0.39 is 11.2 Å².